The third-order valence-corrected chi connectivity index (χ3v) is 0. The summed E-state index contributed by atoms with van der Waals surface area (Å²) in [4.78, 5) is 0. The maximum absolute atomic E-state index is 0. The van der Waals surface area contributed by atoms with E-state index in [9.17, 15) is 0 Å². The molecule has 4 heteroatoms. The van der Waals surface area contributed by atoms with E-state index in [1.165, 1.54) is 0 Å². The van der Waals surface area contributed by atoms with Gasteiger partial charge < -0.3 is 24.8 Å². The molecule has 0 aromatic heterocycles. The molecule has 4 heavy (non-hydrogen) atoms. The van der Waals surface area contributed by atoms with E-state index in [4.69, 9.17) is 0 Å². The predicted octanol–water partition coefficient (Wildman–Crippen LogP) is -8.99. The molecule has 0 fully saturated rings. The fourth-order valence-electron chi connectivity index (χ4n) is 0. The Hall–Kier alpha value is 3.26. The zero-order valence-corrected chi connectivity index (χ0v) is 13.2. The van der Waals surface area contributed by atoms with Crippen LogP contribution in [-0.2, 0) is 19.5 Å². The van der Waals surface area contributed by atoms with Gasteiger partial charge in [0, 0.05) is 0 Å². The van der Waals surface area contributed by atoms with E-state index >= 15 is 0 Å². The van der Waals surface area contributed by atoms with Crippen LogP contribution < -0.4 is 93.7 Å². The molecular weight excluding hydrogens is 269 g/mol. The fourth-order valence-corrected chi connectivity index (χ4v) is 0. The van der Waals surface area contributed by atoms with Gasteiger partial charge in [-0.1, -0.05) is 0 Å². The van der Waals surface area contributed by atoms with Crippen LogP contribution in [0.4, 0.5) is 0 Å². The molecule has 0 heterocycles. The first kappa shape index (κ1) is 26.8. The molecule has 0 aliphatic heterocycles. The third-order valence-electron chi connectivity index (χ3n) is 0. The molecule has 0 spiro atoms. The topological polar surface area (TPSA) is 0 Å². The van der Waals surface area contributed by atoms with Crippen LogP contribution in [0.5, 0.6) is 0 Å². The summed E-state index contributed by atoms with van der Waals surface area (Å²) >= 11 is 0. The molecule has 0 N–H and O–H groups in total. The molecule has 0 nitrogen and oxygen atoms in total. The van der Waals surface area contributed by atoms with Crippen molar-refractivity contribution >= 4 is 0 Å². The van der Waals surface area contributed by atoms with Crippen molar-refractivity contribution in [3.8, 4) is 0 Å². The van der Waals surface area contributed by atoms with Gasteiger partial charge in [0.05, 0.1) is 0 Å². The molecule has 0 amide bonds. The SMILES string of the molecule is [Cl-].[Cl-].[Cs+].[Zn+2]. The van der Waals surface area contributed by atoms with Crippen molar-refractivity contribution in [2.24, 2.45) is 0 Å². The molecule has 0 aliphatic carbocycles. The summed E-state index contributed by atoms with van der Waals surface area (Å²) in [6, 6.07) is 0. The van der Waals surface area contributed by atoms with Crippen LogP contribution in [0.1, 0.15) is 0 Å². The van der Waals surface area contributed by atoms with E-state index in [1.807, 2.05) is 0 Å². The van der Waals surface area contributed by atoms with Crippen LogP contribution >= 0.6 is 0 Å². The summed E-state index contributed by atoms with van der Waals surface area (Å²) in [6.07, 6.45) is 0. The quantitative estimate of drug-likeness (QED) is 0.383. The van der Waals surface area contributed by atoms with E-state index in [0.717, 1.165) is 0 Å². The van der Waals surface area contributed by atoms with Gasteiger partial charge in [-0.2, -0.15) is 0 Å². The zero-order chi connectivity index (χ0) is 0. The molecule has 0 aromatic carbocycles. The van der Waals surface area contributed by atoms with Gasteiger partial charge in [0.1, 0.15) is 0 Å². The van der Waals surface area contributed by atoms with Crippen molar-refractivity contribution in [2.75, 3.05) is 0 Å². The molecule has 0 aromatic rings. The van der Waals surface area contributed by atoms with Crippen LogP contribution in [0, 0.1) is 0 Å². The summed E-state index contributed by atoms with van der Waals surface area (Å²) in [5.74, 6) is 0. The minimum Gasteiger partial charge on any atom is -1.00 e. The van der Waals surface area contributed by atoms with Gasteiger partial charge >= 0.3 is 88.4 Å². The standard InChI is InChI=1S/2ClH.Cs.Zn/h2*1H;;/q;;+1;+2/p-2. The largest absolute Gasteiger partial charge is 2.00 e. The van der Waals surface area contributed by atoms with Crippen molar-refractivity contribution in [3.05, 3.63) is 0 Å². The Labute approximate surface area is 110 Å². The predicted molar refractivity (Wildman–Crippen MR) is 0 cm³/mol. The average Bonchev–Trinajstić information content (AvgIpc) is 0. The molecule has 0 radical (unpaired) electrons. The summed E-state index contributed by atoms with van der Waals surface area (Å²) < 4.78 is 0. The summed E-state index contributed by atoms with van der Waals surface area (Å²) in [7, 11) is 0. The van der Waals surface area contributed by atoms with Gasteiger partial charge in [-0.25, -0.2) is 0 Å². The average molecular weight is 269 g/mol. The van der Waals surface area contributed by atoms with E-state index in [-0.39, 0.29) is 113 Å². The Morgan fingerprint density at radius 1 is 0.750 bits per heavy atom. The van der Waals surface area contributed by atoms with E-state index in [1.54, 1.807) is 0 Å². The zero-order valence-electron chi connectivity index (χ0n) is 2.46. The molecule has 0 aliphatic rings. The Kier molecular flexibility index (Phi) is 109. The molecule has 0 atom stereocenters. The van der Waals surface area contributed by atoms with Gasteiger partial charge in [-0.3, -0.25) is 0 Å². The Balaban J connectivity index is 0. The first-order valence-electron chi connectivity index (χ1n) is 0. The molecule has 16 valence electrons. The second kappa shape index (κ2) is 16.3. The molecule has 0 unspecified atom stereocenters. The van der Waals surface area contributed by atoms with Gasteiger partial charge in [-0.05, 0) is 0 Å². The van der Waals surface area contributed by atoms with Gasteiger partial charge in [0.25, 0.3) is 0 Å². The molecule has 0 saturated carbocycles. The summed E-state index contributed by atoms with van der Waals surface area (Å²) in [5, 5.41) is 0. The first-order valence-corrected chi connectivity index (χ1v) is 0. The van der Waals surface area contributed by atoms with Crippen molar-refractivity contribution in [2.45, 2.75) is 0 Å². The van der Waals surface area contributed by atoms with E-state index in [2.05, 4.69) is 0 Å². The number of rotatable bonds is 0. The third kappa shape index (κ3) is 8.98. The Morgan fingerprint density at radius 2 is 0.750 bits per heavy atom. The molecule has 0 rings (SSSR count). The Morgan fingerprint density at radius 3 is 0.750 bits per heavy atom. The summed E-state index contributed by atoms with van der Waals surface area (Å²) in [5.41, 5.74) is 0. The monoisotopic (exact) mass is 267 g/mol. The van der Waals surface area contributed by atoms with Crippen molar-refractivity contribution < 1.29 is 113 Å². The number of hydrogen-bond acceptors (Lipinski definition) is 0. The van der Waals surface area contributed by atoms with Crippen LogP contribution in [0.3, 0.4) is 0 Å². The second-order valence-electron chi connectivity index (χ2n) is 0. The maximum Gasteiger partial charge on any atom is 2.00 e. The summed E-state index contributed by atoms with van der Waals surface area (Å²) in [6.45, 7) is 0. The first-order chi connectivity index (χ1) is 0. The fraction of sp³-hybridized carbons (Fsp3) is 0. The van der Waals surface area contributed by atoms with Crippen LogP contribution in [0.2, 0.25) is 0 Å². The minimum absolute atomic E-state index is 0. The minimum atomic E-state index is 0. The normalized spacial score (nSPS) is 0. The molecular formula is Cl2CsZn+. The van der Waals surface area contributed by atoms with Crippen LogP contribution in [-0.4, -0.2) is 0 Å². The van der Waals surface area contributed by atoms with E-state index in [0.29, 0.717) is 0 Å². The van der Waals surface area contributed by atoms with E-state index < -0.39 is 0 Å². The van der Waals surface area contributed by atoms with Crippen molar-refractivity contribution in [1.29, 1.82) is 0 Å². The Bertz CT molecular complexity index is 6.00. The van der Waals surface area contributed by atoms with Gasteiger partial charge in [0.15, 0.2) is 0 Å². The van der Waals surface area contributed by atoms with Crippen LogP contribution in [0.15, 0.2) is 0 Å². The molecule has 0 saturated heterocycles. The van der Waals surface area contributed by atoms with Gasteiger partial charge in [0.2, 0.25) is 0 Å². The van der Waals surface area contributed by atoms with Crippen molar-refractivity contribution in [3.63, 3.8) is 0 Å². The smallest absolute Gasteiger partial charge is 1.00 e. The number of halogens is 2. The molecule has 0 bridgehead atoms. The van der Waals surface area contributed by atoms with Crippen molar-refractivity contribution in [1.82, 2.24) is 0 Å². The van der Waals surface area contributed by atoms with Gasteiger partial charge in [-0.15, -0.1) is 0 Å². The second-order valence-corrected chi connectivity index (χ2v) is 0. The number of hydrogen-bond donors (Lipinski definition) is 0. The maximum atomic E-state index is 0. The van der Waals surface area contributed by atoms with Crippen LogP contribution in [0.25, 0.3) is 0 Å².